The van der Waals surface area contributed by atoms with E-state index < -0.39 is 0 Å². The van der Waals surface area contributed by atoms with Gasteiger partial charge in [-0.25, -0.2) is 0 Å². The van der Waals surface area contributed by atoms with Gasteiger partial charge in [-0.05, 0) is 24.4 Å². The van der Waals surface area contributed by atoms with Crippen molar-refractivity contribution in [2.24, 2.45) is 0 Å². The van der Waals surface area contributed by atoms with Gasteiger partial charge in [0.05, 0.1) is 5.56 Å². The maximum atomic E-state index is 9.22. The van der Waals surface area contributed by atoms with Crippen molar-refractivity contribution in [3.05, 3.63) is 29.8 Å². The third-order valence-electron chi connectivity index (χ3n) is 1.19. The highest BCUT2D eigenvalue weighted by molar-refractivity contribution is 9.06. The van der Waals surface area contributed by atoms with E-state index in [1.165, 1.54) is 0 Å². The smallest absolute Gasteiger partial charge is 0.210 e. The molecule has 0 unspecified atom stereocenters. The lowest BCUT2D eigenvalue weighted by atomic mass is 10.2. The molecule has 1 N–H and O–H groups in total. The lowest BCUT2D eigenvalue weighted by Crippen LogP contribution is -1.95. The molecule has 1 aromatic carbocycles. The average Bonchev–Trinajstić information content (AvgIpc) is 2.04. The summed E-state index contributed by atoms with van der Waals surface area (Å²) in [4.78, 5) is 0. The van der Waals surface area contributed by atoms with E-state index in [4.69, 9.17) is 12.2 Å². The summed E-state index contributed by atoms with van der Waals surface area (Å²) in [6.45, 7) is 0. The Morgan fingerprint density at radius 3 is 2.64 bits per heavy atom. The number of rotatable bonds is 1. The van der Waals surface area contributed by atoms with E-state index in [1.807, 2.05) is 0 Å². The van der Waals surface area contributed by atoms with Crippen molar-refractivity contribution in [2.45, 2.75) is 0 Å². The summed E-state index contributed by atoms with van der Waals surface area (Å²) in [5.41, 5.74) is 0.513. The van der Waals surface area contributed by atoms with Gasteiger partial charge < -0.3 is 8.93 Å². The zero-order chi connectivity index (χ0) is 8.27. The predicted octanol–water partition coefficient (Wildman–Crippen LogP) is 2.39. The maximum Gasteiger partial charge on any atom is 0.210 e. The van der Waals surface area contributed by atoms with E-state index in [1.54, 1.807) is 24.3 Å². The number of hydrogen-bond acceptors (Lipinski definition) is 3. The third-order valence-corrected chi connectivity index (χ3v) is 2.04. The van der Waals surface area contributed by atoms with Crippen LogP contribution >= 0.6 is 28.5 Å². The number of aromatic hydroxyl groups is 1. The number of benzene rings is 1. The Kier molecular flexibility index (Phi) is 2.84. The molecular formula is C7H5BrO2S. The Bertz CT molecular complexity index is 275. The molecular weight excluding hydrogens is 228 g/mol. The molecule has 0 atom stereocenters. The molecule has 4 heteroatoms. The van der Waals surface area contributed by atoms with E-state index in [0.717, 1.165) is 0 Å². The Morgan fingerprint density at radius 1 is 1.45 bits per heavy atom. The van der Waals surface area contributed by atoms with Gasteiger partial charge in [0.2, 0.25) is 5.05 Å². The Hall–Kier alpha value is -0.610. The van der Waals surface area contributed by atoms with Gasteiger partial charge in [0.15, 0.2) is 16.3 Å². The zero-order valence-corrected chi connectivity index (χ0v) is 7.85. The summed E-state index contributed by atoms with van der Waals surface area (Å²) in [6, 6.07) is 6.72. The van der Waals surface area contributed by atoms with E-state index in [9.17, 15) is 5.11 Å². The van der Waals surface area contributed by atoms with Crippen molar-refractivity contribution in [1.82, 2.24) is 0 Å². The predicted molar refractivity (Wildman–Crippen MR) is 49.8 cm³/mol. The normalized spacial score (nSPS) is 9.18. The summed E-state index contributed by atoms with van der Waals surface area (Å²) in [7, 11) is 0. The fraction of sp³-hybridized carbons (Fsp3) is 0. The molecule has 0 amide bonds. The summed E-state index contributed by atoms with van der Waals surface area (Å²) in [5, 5.41) is 9.45. The van der Waals surface area contributed by atoms with Gasteiger partial charge in [-0.3, -0.25) is 0 Å². The molecule has 0 bridgehead atoms. The second-order valence-corrected chi connectivity index (χ2v) is 2.58. The van der Waals surface area contributed by atoms with Gasteiger partial charge >= 0.3 is 0 Å². The largest absolute Gasteiger partial charge is 0.507 e. The number of halogens is 1. The van der Waals surface area contributed by atoms with Crippen molar-refractivity contribution in [3.8, 4) is 5.75 Å². The molecule has 0 radical (unpaired) electrons. The topological polar surface area (TPSA) is 29.5 Å². The molecule has 0 fully saturated rings. The number of hydrogen-bond donors (Lipinski definition) is 1. The molecule has 0 aliphatic heterocycles. The first-order valence-corrected chi connectivity index (χ1v) is 3.92. The van der Waals surface area contributed by atoms with Crippen LogP contribution in [0.1, 0.15) is 5.56 Å². The van der Waals surface area contributed by atoms with Gasteiger partial charge in [-0.1, -0.05) is 12.1 Å². The monoisotopic (exact) mass is 232 g/mol. The van der Waals surface area contributed by atoms with Crippen LogP contribution in [0.2, 0.25) is 0 Å². The van der Waals surface area contributed by atoms with Crippen LogP contribution in [0.5, 0.6) is 5.75 Å². The molecule has 0 saturated heterocycles. The highest BCUT2D eigenvalue weighted by Crippen LogP contribution is 2.17. The second-order valence-electron chi connectivity index (χ2n) is 1.88. The first-order valence-electron chi connectivity index (χ1n) is 2.86. The van der Waals surface area contributed by atoms with Crippen LogP contribution in [0.25, 0.3) is 0 Å². The summed E-state index contributed by atoms with van der Waals surface area (Å²) >= 11 is 7.51. The van der Waals surface area contributed by atoms with Crippen LogP contribution in [0, 0.1) is 0 Å². The number of para-hydroxylation sites is 1. The number of phenols is 1. The Balaban J connectivity index is 3.03. The molecule has 0 aliphatic rings. The molecule has 11 heavy (non-hydrogen) atoms. The summed E-state index contributed by atoms with van der Waals surface area (Å²) < 4.78 is 4.60. The standard InChI is InChI=1S/C7H5BrO2S/c8-10-7(11)5-3-1-2-4-6(5)9/h1-4,9H. The van der Waals surface area contributed by atoms with Gasteiger partial charge in [0.1, 0.15) is 5.75 Å². The van der Waals surface area contributed by atoms with E-state index in [2.05, 4.69) is 20.1 Å². The molecule has 0 aromatic heterocycles. The summed E-state index contributed by atoms with van der Waals surface area (Å²) in [5.74, 6) is 0.122. The van der Waals surface area contributed by atoms with E-state index >= 15 is 0 Å². The van der Waals surface area contributed by atoms with E-state index in [-0.39, 0.29) is 10.8 Å². The molecule has 0 saturated carbocycles. The molecule has 0 aliphatic carbocycles. The van der Waals surface area contributed by atoms with Crippen LogP contribution in [-0.2, 0) is 3.83 Å². The van der Waals surface area contributed by atoms with Gasteiger partial charge in [0.25, 0.3) is 0 Å². The highest BCUT2D eigenvalue weighted by Gasteiger charge is 2.05. The number of thiocarbonyl (C=S) groups is 1. The molecule has 58 valence electrons. The molecule has 0 heterocycles. The molecule has 1 rings (SSSR count). The minimum atomic E-state index is 0.122. The quantitative estimate of drug-likeness (QED) is 0.755. The Morgan fingerprint density at radius 2 is 2.09 bits per heavy atom. The molecule has 0 spiro atoms. The van der Waals surface area contributed by atoms with E-state index in [0.29, 0.717) is 5.56 Å². The second kappa shape index (κ2) is 3.69. The molecule has 2 nitrogen and oxygen atoms in total. The van der Waals surface area contributed by atoms with Crippen molar-refractivity contribution >= 4 is 33.5 Å². The maximum absolute atomic E-state index is 9.22. The average molecular weight is 233 g/mol. The minimum Gasteiger partial charge on any atom is -0.507 e. The van der Waals surface area contributed by atoms with Crippen LogP contribution in [0.4, 0.5) is 0 Å². The van der Waals surface area contributed by atoms with Crippen molar-refractivity contribution in [2.75, 3.05) is 0 Å². The number of phenolic OH excluding ortho intramolecular Hbond substituents is 1. The van der Waals surface area contributed by atoms with Crippen molar-refractivity contribution < 1.29 is 8.93 Å². The lowest BCUT2D eigenvalue weighted by molar-refractivity contribution is 0.472. The van der Waals surface area contributed by atoms with Crippen LogP contribution in [0.3, 0.4) is 0 Å². The SMILES string of the molecule is Oc1ccccc1C(=S)OBr. The third kappa shape index (κ3) is 1.91. The van der Waals surface area contributed by atoms with Crippen LogP contribution in [0.15, 0.2) is 24.3 Å². The zero-order valence-electron chi connectivity index (χ0n) is 5.45. The highest BCUT2D eigenvalue weighted by atomic mass is 79.9. The van der Waals surface area contributed by atoms with Crippen molar-refractivity contribution in [1.29, 1.82) is 0 Å². The fourth-order valence-electron chi connectivity index (χ4n) is 0.688. The first-order chi connectivity index (χ1) is 5.25. The fourth-order valence-corrected chi connectivity index (χ4v) is 1.03. The minimum absolute atomic E-state index is 0.122. The van der Waals surface area contributed by atoms with Gasteiger partial charge in [-0.15, -0.1) is 0 Å². The van der Waals surface area contributed by atoms with Gasteiger partial charge in [-0.2, -0.15) is 0 Å². The Labute approximate surface area is 78.3 Å². The first kappa shape index (κ1) is 8.49. The molecule has 1 aromatic rings. The van der Waals surface area contributed by atoms with Crippen LogP contribution in [-0.4, -0.2) is 10.2 Å². The summed E-state index contributed by atoms with van der Waals surface area (Å²) in [6.07, 6.45) is 0. The van der Waals surface area contributed by atoms with Gasteiger partial charge in [0, 0.05) is 0 Å². The lowest BCUT2D eigenvalue weighted by Gasteiger charge is -2.01. The van der Waals surface area contributed by atoms with Crippen molar-refractivity contribution in [3.63, 3.8) is 0 Å². The van der Waals surface area contributed by atoms with Crippen LogP contribution < -0.4 is 0 Å².